The van der Waals surface area contributed by atoms with E-state index in [1.54, 1.807) is 12.4 Å². The fourth-order valence-electron chi connectivity index (χ4n) is 4.16. The van der Waals surface area contributed by atoms with Gasteiger partial charge in [-0.25, -0.2) is 13.9 Å². The third-order valence-corrected chi connectivity index (χ3v) is 5.90. The van der Waals surface area contributed by atoms with E-state index < -0.39 is 0 Å². The molecule has 7 heteroatoms. The summed E-state index contributed by atoms with van der Waals surface area (Å²) in [4.78, 5) is 8.46. The summed E-state index contributed by atoms with van der Waals surface area (Å²) < 4.78 is 16.5. The van der Waals surface area contributed by atoms with Crippen LogP contribution < -0.4 is 10.6 Å². The Hall–Kier alpha value is -2.54. The Morgan fingerprint density at radius 2 is 2.11 bits per heavy atom. The van der Waals surface area contributed by atoms with Gasteiger partial charge in [-0.05, 0) is 56.5 Å². The van der Waals surface area contributed by atoms with Gasteiger partial charge in [-0.15, -0.1) is 0 Å². The summed E-state index contributed by atoms with van der Waals surface area (Å²) in [6.07, 6.45) is 10.8. The molecule has 3 aromatic heterocycles. The quantitative estimate of drug-likeness (QED) is 0.727. The van der Waals surface area contributed by atoms with Crippen molar-refractivity contribution in [2.24, 2.45) is 0 Å². The molecular formula is C20H23FN6. The van der Waals surface area contributed by atoms with Crippen molar-refractivity contribution in [1.82, 2.24) is 24.9 Å². The number of nitrogens with zero attached hydrogens (tertiary/aromatic N) is 4. The van der Waals surface area contributed by atoms with Crippen molar-refractivity contribution >= 4 is 11.3 Å². The molecule has 0 spiro atoms. The van der Waals surface area contributed by atoms with Crippen LogP contribution in [0.2, 0.25) is 0 Å². The van der Waals surface area contributed by atoms with E-state index in [0.29, 0.717) is 12.5 Å². The molecule has 5 rings (SSSR count). The highest BCUT2D eigenvalue weighted by molar-refractivity contribution is 5.68. The lowest BCUT2D eigenvalue weighted by Crippen LogP contribution is -2.45. The Kier molecular flexibility index (Phi) is 4.04. The minimum atomic E-state index is -0.272. The fraction of sp³-hybridized carbons (Fsp3) is 0.450. The molecule has 140 valence electrons. The molecule has 1 saturated heterocycles. The molecule has 2 aliphatic rings. The smallest absolute Gasteiger partial charge is 0.152 e. The zero-order valence-corrected chi connectivity index (χ0v) is 15.2. The van der Waals surface area contributed by atoms with Crippen LogP contribution in [0.1, 0.15) is 42.9 Å². The Bertz CT molecular complexity index is 958. The first kappa shape index (κ1) is 16.6. The van der Waals surface area contributed by atoms with E-state index in [1.165, 1.54) is 19.0 Å². The lowest BCUT2D eigenvalue weighted by molar-refractivity contribution is 0.312. The van der Waals surface area contributed by atoms with Gasteiger partial charge in [0.1, 0.15) is 11.3 Å². The first-order valence-electron chi connectivity index (χ1n) is 9.64. The van der Waals surface area contributed by atoms with Crippen LogP contribution in [0.3, 0.4) is 0 Å². The molecule has 4 heterocycles. The number of nitrogens with one attached hydrogen (secondary N) is 2. The second-order valence-electron chi connectivity index (χ2n) is 7.69. The second kappa shape index (κ2) is 6.56. The molecule has 6 nitrogen and oxygen atoms in total. The minimum Gasteiger partial charge on any atom is -0.367 e. The van der Waals surface area contributed by atoms with Crippen molar-refractivity contribution in [2.45, 2.75) is 37.0 Å². The van der Waals surface area contributed by atoms with Gasteiger partial charge >= 0.3 is 0 Å². The first-order chi connectivity index (χ1) is 13.3. The summed E-state index contributed by atoms with van der Waals surface area (Å²) in [7, 11) is 0. The molecule has 27 heavy (non-hydrogen) atoms. The van der Waals surface area contributed by atoms with E-state index in [0.717, 1.165) is 48.5 Å². The van der Waals surface area contributed by atoms with E-state index >= 15 is 0 Å². The van der Waals surface area contributed by atoms with Crippen molar-refractivity contribution in [3.05, 3.63) is 54.0 Å². The molecule has 2 N–H and O–H groups in total. The van der Waals surface area contributed by atoms with Crippen molar-refractivity contribution in [3.8, 4) is 0 Å². The molecule has 0 amide bonds. The molecule has 0 aromatic carbocycles. The van der Waals surface area contributed by atoms with Crippen LogP contribution in [0.5, 0.6) is 0 Å². The number of pyridine rings is 1. The molecule has 0 unspecified atom stereocenters. The Morgan fingerprint density at radius 1 is 1.26 bits per heavy atom. The van der Waals surface area contributed by atoms with E-state index in [-0.39, 0.29) is 11.2 Å². The van der Waals surface area contributed by atoms with Gasteiger partial charge < -0.3 is 10.6 Å². The van der Waals surface area contributed by atoms with Gasteiger partial charge in [-0.2, -0.15) is 5.10 Å². The molecule has 0 atom stereocenters. The Morgan fingerprint density at radius 3 is 2.89 bits per heavy atom. The SMILES string of the molecule is Fc1cnccc1C1(CNc2nccn3nc(C4CC4)cc23)CCNCC1. The number of hydrogen-bond acceptors (Lipinski definition) is 5. The van der Waals surface area contributed by atoms with Crippen LogP contribution in [0, 0.1) is 5.82 Å². The molecule has 0 radical (unpaired) electrons. The van der Waals surface area contributed by atoms with Crippen LogP contribution in [-0.4, -0.2) is 39.2 Å². The normalized spacial score (nSPS) is 19.3. The highest BCUT2D eigenvalue weighted by atomic mass is 19.1. The summed E-state index contributed by atoms with van der Waals surface area (Å²) in [5.41, 5.74) is 2.60. The average Bonchev–Trinajstić information content (AvgIpc) is 3.46. The number of anilines is 1. The van der Waals surface area contributed by atoms with Gasteiger partial charge in [0.05, 0.1) is 11.9 Å². The predicted octanol–water partition coefficient (Wildman–Crippen LogP) is 2.87. The Labute approximate surface area is 157 Å². The fourth-order valence-corrected chi connectivity index (χ4v) is 4.16. The molecule has 0 bridgehead atoms. The number of rotatable bonds is 5. The third-order valence-electron chi connectivity index (χ3n) is 5.90. The number of aromatic nitrogens is 4. The monoisotopic (exact) mass is 366 g/mol. The molecule has 1 saturated carbocycles. The maximum atomic E-state index is 14.6. The van der Waals surface area contributed by atoms with E-state index in [1.807, 2.05) is 16.8 Å². The van der Waals surface area contributed by atoms with E-state index in [9.17, 15) is 4.39 Å². The van der Waals surface area contributed by atoms with Crippen LogP contribution in [0.4, 0.5) is 10.2 Å². The van der Waals surface area contributed by atoms with Gasteiger partial charge in [0.25, 0.3) is 0 Å². The number of piperidine rings is 1. The van der Waals surface area contributed by atoms with Crippen molar-refractivity contribution in [1.29, 1.82) is 0 Å². The number of fused-ring (bicyclic) bond motifs is 1. The van der Waals surface area contributed by atoms with Crippen LogP contribution in [0.15, 0.2) is 36.9 Å². The topological polar surface area (TPSA) is 67.1 Å². The van der Waals surface area contributed by atoms with Crippen molar-refractivity contribution < 1.29 is 4.39 Å². The zero-order valence-electron chi connectivity index (χ0n) is 15.2. The van der Waals surface area contributed by atoms with Crippen molar-refractivity contribution in [3.63, 3.8) is 0 Å². The first-order valence-corrected chi connectivity index (χ1v) is 9.64. The number of hydrogen-bond donors (Lipinski definition) is 2. The standard InChI is InChI=1S/C20H23FN6/c21-16-12-23-6-3-15(16)20(4-7-22-8-5-20)13-25-19-18-11-17(14-1-2-14)26-27(18)10-9-24-19/h3,6,9-12,14,22H,1-2,4-5,7-8,13H2,(H,24,25). The lowest BCUT2D eigenvalue weighted by atomic mass is 9.73. The van der Waals surface area contributed by atoms with Gasteiger partial charge in [0, 0.05) is 36.5 Å². The third kappa shape index (κ3) is 3.06. The van der Waals surface area contributed by atoms with Gasteiger partial charge in [0.15, 0.2) is 5.82 Å². The van der Waals surface area contributed by atoms with E-state index in [4.69, 9.17) is 0 Å². The summed E-state index contributed by atoms with van der Waals surface area (Å²) >= 11 is 0. The molecule has 3 aromatic rings. The average molecular weight is 366 g/mol. The lowest BCUT2D eigenvalue weighted by Gasteiger charge is -2.38. The molecule has 2 fully saturated rings. The van der Waals surface area contributed by atoms with Gasteiger partial charge in [-0.3, -0.25) is 4.98 Å². The molecule has 1 aliphatic carbocycles. The highest BCUT2D eigenvalue weighted by Crippen LogP contribution is 2.40. The van der Waals surface area contributed by atoms with Gasteiger partial charge in [0.2, 0.25) is 0 Å². The summed E-state index contributed by atoms with van der Waals surface area (Å²) in [6, 6.07) is 3.95. The largest absolute Gasteiger partial charge is 0.367 e. The zero-order chi connectivity index (χ0) is 18.3. The number of halogens is 1. The summed E-state index contributed by atoms with van der Waals surface area (Å²) in [5, 5.41) is 11.6. The molecule has 1 aliphatic heterocycles. The predicted molar refractivity (Wildman–Crippen MR) is 101 cm³/mol. The van der Waals surface area contributed by atoms with Crippen LogP contribution in [-0.2, 0) is 5.41 Å². The van der Waals surface area contributed by atoms with Gasteiger partial charge in [-0.1, -0.05) is 0 Å². The summed E-state index contributed by atoms with van der Waals surface area (Å²) in [5.74, 6) is 1.18. The molecular weight excluding hydrogens is 343 g/mol. The van der Waals surface area contributed by atoms with Crippen molar-refractivity contribution in [2.75, 3.05) is 25.0 Å². The Balaban J connectivity index is 1.46. The maximum Gasteiger partial charge on any atom is 0.152 e. The van der Waals surface area contributed by atoms with E-state index in [2.05, 4.69) is 31.8 Å². The maximum absolute atomic E-state index is 14.6. The highest BCUT2D eigenvalue weighted by Gasteiger charge is 2.36. The van der Waals surface area contributed by atoms with Crippen LogP contribution >= 0.6 is 0 Å². The minimum absolute atomic E-state index is 0.229. The second-order valence-corrected chi connectivity index (χ2v) is 7.69. The summed E-state index contributed by atoms with van der Waals surface area (Å²) in [6.45, 7) is 2.38. The van der Waals surface area contributed by atoms with Crippen LogP contribution in [0.25, 0.3) is 5.52 Å².